The summed E-state index contributed by atoms with van der Waals surface area (Å²) in [6.07, 6.45) is 6.06. The van der Waals surface area contributed by atoms with Crippen LogP contribution in [0.15, 0.2) is 6.07 Å². The number of amides is 2. The Labute approximate surface area is 123 Å². The molecule has 2 amide bonds. The van der Waals surface area contributed by atoms with Gasteiger partial charge >= 0.3 is 0 Å². The zero-order chi connectivity index (χ0) is 13.9. The first kappa shape index (κ1) is 13.6. The Balaban J connectivity index is 1.45. The van der Waals surface area contributed by atoms with Crippen molar-refractivity contribution in [3.63, 3.8) is 0 Å². The number of carbonyl (C=O) groups excluding carboxylic acids is 2. The second kappa shape index (κ2) is 5.95. The van der Waals surface area contributed by atoms with Crippen molar-refractivity contribution >= 4 is 23.2 Å². The Bertz CT molecular complexity index is 496. The van der Waals surface area contributed by atoms with E-state index in [-0.39, 0.29) is 11.8 Å². The fraction of sp³-hybridized carbons (Fsp3) is 0.600. The largest absolute Gasteiger partial charge is 0.351 e. The number of nitrogens with zero attached hydrogens (tertiary/aromatic N) is 1. The van der Waals surface area contributed by atoms with Crippen LogP contribution in [0.1, 0.15) is 45.8 Å². The van der Waals surface area contributed by atoms with Crippen molar-refractivity contribution < 1.29 is 9.59 Å². The third-order valence-electron chi connectivity index (χ3n) is 4.05. The lowest BCUT2D eigenvalue weighted by molar-refractivity contribution is -0.129. The molecule has 1 aliphatic heterocycles. The minimum Gasteiger partial charge on any atom is -0.351 e. The molecule has 1 aliphatic carbocycles. The number of hydrogen-bond donors (Lipinski definition) is 1. The van der Waals surface area contributed by atoms with E-state index in [1.165, 1.54) is 16.9 Å². The molecule has 2 aliphatic rings. The summed E-state index contributed by atoms with van der Waals surface area (Å²) in [7, 11) is 0. The molecule has 0 spiro atoms. The number of hydrogen-bond acceptors (Lipinski definition) is 3. The van der Waals surface area contributed by atoms with E-state index in [0.717, 1.165) is 43.6 Å². The van der Waals surface area contributed by atoms with Gasteiger partial charge in [-0.25, -0.2) is 0 Å². The van der Waals surface area contributed by atoms with E-state index in [1.807, 2.05) is 11.0 Å². The molecule has 3 rings (SSSR count). The second-order valence-electron chi connectivity index (χ2n) is 5.51. The van der Waals surface area contributed by atoms with Crippen LogP contribution < -0.4 is 5.32 Å². The summed E-state index contributed by atoms with van der Waals surface area (Å²) in [5.41, 5.74) is 1.34. The molecule has 0 saturated carbocycles. The van der Waals surface area contributed by atoms with Gasteiger partial charge in [0.15, 0.2) is 0 Å². The van der Waals surface area contributed by atoms with Crippen LogP contribution in [0.2, 0.25) is 0 Å². The van der Waals surface area contributed by atoms with Gasteiger partial charge in [-0.15, -0.1) is 11.3 Å². The summed E-state index contributed by atoms with van der Waals surface area (Å²) in [6, 6.07) is 2.02. The van der Waals surface area contributed by atoms with Crippen molar-refractivity contribution in [2.24, 2.45) is 0 Å². The molecule has 1 N–H and O–H groups in total. The SMILES string of the molecule is O=C(NCCC(=O)N1CCCC1)c1cc2c(s1)CCC2. The molecule has 0 atom stereocenters. The lowest BCUT2D eigenvalue weighted by atomic mass is 10.2. The molecular formula is C15H20N2O2S. The predicted molar refractivity (Wildman–Crippen MR) is 79.1 cm³/mol. The van der Waals surface area contributed by atoms with Crippen molar-refractivity contribution in [3.8, 4) is 0 Å². The van der Waals surface area contributed by atoms with Crippen molar-refractivity contribution in [1.82, 2.24) is 10.2 Å². The van der Waals surface area contributed by atoms with E-state index in [0.29, 0.717) is 13.0 Å². The molecule has 108 valence electrons. The van der Waals surface area contributed by atoms with Gasteiger partial charge < -0.3 is 10.2 Å². The molecule has 0 bridgehead atoms. The van der Waals surface area contributed by atoms with Crippen molar-refractivity contribution in [2.75, 3.05) is 19.6 Å². The van der Waals surface area contributed by atoms with Crippen molar-refractivity contribution in [2.45, 2.75) is 38.5 Å². The van der Waals surface area contributed by atoms with Gasteiger partial charge in [0.1, 0.15) is 0 Å². The summed E-state index contributed by atoms with van der Waals surface area (Å²) in [5.74, 6) is 0.134. The number of carbonyl (C=O) groups is 2. The fourth-order valence-electron chi connectivity index (χ4n) is 2.94. The molecule has 0 aromatic carbocycles. The third-order valence-corrected chi connectivity index (χ3v) is 5.29. The standard InChI is InChI=1S/C15H20N2O2S/c18-14(17-8-1-2-9-17)6-7-16-15(19)13-10-11-4-3-5-12(11)20-13/h10H,1-9H2,(H,16,19). The monoisotopic (exact) mass is 292 g/mol. The van der Waals surface area contributed by atoms with Gasteiger partial charge in [0.05, 0.1) is 4.88 Å². The van der Waals surface area contributed by atoms with Gasteiger partial charge in [-0.2, -0.15) is 0 Å². The minimum absolute atomic E-state index is 0.0291. The maximum Gasteiger partial charge on any atom is 0.261 e. The zero-order valence-corrected chi connectivity index (χ0v) is 12.4. The van der Waals surface area contributed by atoms with Gasteiger partial charge in [-0.1, -0.05) is 0 Å². The van der Waals surface area contributed by atoms with E-state index < -0.39 is 0 Å². The van der Waals surface area contributed by atoms with Gasteiger partial charge in [-0.05, 0) is 43.7 Å². The Morgan fingerprint density at radius 3 is 2.75 bits per heavy atom. The third kappa shape index (κ3) is 2.87. The maximum absolute atomic E-state index is 12.0. The highest BCUT2D eigenvalue weighted by Crippen LogP contribution is 2.30. The first-order chi connectivity index (χ1) is 9.74. The van der Waals surface area contributed by atoms with E-state index in [2.05, 4.69) is 5.32 Å². The highest BCUT2D eigenvalue weighted by Gasteiger charge is 2.20. The molecular weight excluding hydrogens is 272 g/mol. The number of thiophene rings is 1. The summed E-state index contributed by atoms with van der Waals surface area (Å²) < 4.78 is 0. The Morgan fingerprint density at radius 1 is 1.20 bits per heavy atom. The normalized spacial score (nSPS) is 17.3. The molecule has 1 saturated heterocycles. The highest BCUT2D eigenvalue weighted by atomic mass is 32.1. The van der Waals surface area contributed by atoms with Crippen molar-refractivity contribution in [3.05, 3.63) is 21.4 Å². The van der Waals surface area contributed by atoms with Gasteiger partial charge in [-0.3, -0.25) is 9.59 Å². The van der Waals surface area contributed by atoms with E-state index in [9.17, 15) is 9.59 Å². The number of rotatable bonds is 4. The molecule has 1 aromatic rings. The molecule has 1 aromatic heterocycles. The second-order valence-corrected chi connectivity index (χ2v) is 6.64. The molecule has 0 unspecified atom stereocenters. The summed E-state index contributed by atoms with van der Waals surface area (Å²) in [5, 5.41) is 2.87. The molecule has 2 heterocycles. The molecule has 20 heavy (non-hydrogen) atoms. The summed E-state index contributed by atoms with van der Waals surface area (Å²) >= 11 is 1.61. The summed E-state index contributed by atoms with van der Waals surface area (Å²) in [4.78, 5) is 27.9. The van der Waals surface area contributed by atoms with Crippen LogP contribution >= 0.6 is 11.3 Å². The van der Waals surface area contributed by atoms with Gasteiger partial charge in [0.2, 0.25) is 5.91 Å². The van der Waals surface area contributed by atoms with Crippen LogP contribution in [0.3, 0.4) is 0 Å². The number of aryl methyl sites for hydroxylation is 2. The fourth-order valence-corrected chi connectivity index (χ4v) is 4.11. The Hall–Kier alpha value is -1.36. The summed E-state index contributed by atoms with van der Waals surface area (Å²) in [6.45, 7) is 2.20. The van der Waals surface area contributed by atoms with Gasteiger partial charge in [0, 0.05) is 30.9 Å². The zero-order valence-electron chi connectivity index (χ0n) is 11.6. The Kier molecular flexibility index (Phi) is 4.05. The van der Waals surface area contributed by atoms with Crippen LogP contribution in [0.25, 0.3) is 0 Å². The first-order valence-corrected chi connectivity index (χ1v) is 8.23. The van der Waals surface area contributed by atoms with E-state index >= 15 is 0 Å². The van der Waals surface area contributed by atoms with Crippen LogP contribution in [0, 0.1) is 0 Å². The highest BCUT2D eigenvalue weighted by molar-refractivity contribution is 7.14. The molecule has 0 radical (unpaired) electrons. The number of nitrogens with one attached hydrogen (secondary N) is 1. The van der Waals surface area contributed by atoms with Crippen LogP contribution in [0.4, 0.5) is 0 Å². The Morgan fingerprint density at radius 2 is 2.00 bits per heavy atom. The van der Waals surface area contributed by atoms with Crippen LogP contribution in [-0.2, 0) is 17.6 Å². The smallest absolute Gasteiger partial charge is 0.261 e. The maximum atomic E-state index is 12.0. The molecule has 5 heteroatoms. The average molecular weight is 292 g/mol. The lowest BCUT2D eigenvalue weighted by Crippen LogP contribution is -2.32. The topological polar surface area (TPSA) is 49.4 Å². The van der Waals surface area contributed by atoms with Crippen LogP contribution in [-0.4, -0.2) is 36.3 Å². The lowest BCUT2D eigenvalue weighted by Gasteiger charge is -2.14. The quantitative estimate of drug-likeness (QED) is 0.922. The van der Waals surface area contributed by atoms with Crippen molar-refractivity contribution in [1.29, 1.82) is 0 Å². The predicted octanol–water partition coefficient (Wildman–Crippen LogP) is 1.98. The number of fused-ring (bicyclic) bond motifs is 1. The molecule has 1 fully saturated rings. The number of likely N-dealkylation sites (tertiary alicyclic amines) is 1. The van der Waals surface area contributed by atoms with E-state index in [4.69, 9.17) is 0 Å². The van der Waals surface area contributed by atoms with Gasteiger partial charge in [0.25, 0.3) is 5.91 Å². The first-order valence-electron chi connectivity index (χ1n) is 7.41. The molecule has 4 nitrogen and oxygen atoms in total. The van der Waals surface area contributed by atoms with E-state index in [1.54, 1.807) is 11.3 Å². The van der Waals surface area contributed by atoms with Crippen LogP contribution in [0.5, 0.6) is 0 Å². The average Bonchev–Trinajstić information content (AvgIpc) is 3.14. The minimum atomic E-state index is -0.0291.